The third-order valence-electron chi connectivity index (χ3n) is 4.16. The first-order chi connectivity index (χ1) is 11.9. The Morgan fingerprint density at radius 3 is 1.44 bits per heavy atom. The summed E-state index contributed by atoms with van der Waals surface area (Å²) in [7, 11) is 4.81. The van der Waals surface area contributed by atoms with Crippen molar-refractivity contribution in [2.24, 2.45) is 0 Å². The van der Waals surface area contributed by atoms with Crippen LogP contribution in [0.1, 0.15) is 89.5 Å². The van der Waals surface area contributed by atoms with Crippen LogP contribution in [0.3, 0.4) is 0 Å². The summed E-state index contributed by atoms with van der Waals surface area (Å²) in [4.78, 5) is 0. The molecule has 0 amide bonds. The molecule has 0 atom stereocenters. The topological polar surface area (TPSA) is 34.1 Å². The van der Waals surface area contributed by atoms with Crippen molar-refractivity contribution in [2.75, 3.05) is 0 Å². The number of halogens is 2. The first kappa shape index (κ1) is 24.8. The molecule has 0 aliphatic heterocycles. The van der Waals surface area contributed by atoms with Gasteiger partial charge in [0.1, 0.15) is 0 Å². The van der Waals surface area contributed by atoms with E-state index in [4.69, 9.17) is 8.42 Å². The summed E-state index contributed by atoms with van der Waals surface area (Å²) in [6.45, 7) is 2.29. The zero-order valence-corrected chi connectivity index (χ0v) is 17.9. The minimum Gasteiger partial charge on any atom is -0.195 e. The Morgan fingerprint density at radius 1 is 0.680 bits per heavy atom. The van der Waals surface area contributed by atoms with Crippen LogP contribution in [-0.4, -0.2) is 8.42 Å². The highest BCUT2D eigenvalue weighted by molar-refractivity contribution is 8.31. The summed E-state index contributed by atoms with van der Waals surface area (Å²) >= 11 is 0. The van der Waals surface area contributed by atoms with Gasteiger partial charge in [0, 0.05) is 21.4 Å². The number of rotatable bonds is 13. The number of hydrogen-bond donors (Lipinski definition) is 0. The Hall–Kier alpha value is -0.250. The van der Waals surface area contributed by atoms with Gasteiger partial charge in [-0.05, 0) is 18.4 Å². The fourth-order valence-electron chi connectivity index (χ4n) is 2.81. The molecule has 0 saturated carbocycles. The van der Waals surface area contributed by atoms with Crippen molar-refractivity contribution in [3.8, 4) is 0 Å². The van der Waals surface area contributed by atoms with Crippen molar-refractivity contribution in [3.63, 3.8) is 0 Å². The molecule has 0 aromatic heterocycles. The molecule has 0 spiro atoms. The predicted molar refractivity (Wildman–Crippen MR) is 112 cm³/mol. The first-order valence-electron chi connectivity index (χ1n) is 9.61. The van der Waals surface area contributed by atoms with E-state index in [0.29, 0.717) is 0 Å². The van der Waals surface area contributed by atoms with Crippen LogP contribution in [-0.2, 0) is 14.7 Å². The van der Waals surface area contributed by atoms with E-state index in [0.717, 1.165) is 0 Å². The molecule has 0 saturated heterocycles. The van der Waals surface area contributed by atoms with Gasteiger partial charge in [-0.3, -0.25) is 0 Å². The Kier molecular flexibility index (Phi) is 17.0. The average Bonchev–Trinajstić information content (AvgIpc) is 2.55. The largest absolute Gasteiger partial charge is 0.317 e. The second-order valence-electron chi connectivity index (χ2n) is 6.50. The smallest absolute Gasteiger partial charge is 0.195 e. The lowest BCUT2D eigenvalue weighted by atomic mass is 10.0. The monoisotopic (exact) mass is 408 g/mol. The maximum absolute atomic E-state index is 9.16. The molecule has 1 aromatic carbocycles. The van der Waals surface area contributed by atoms with Crippen LogP contribution in [0.5, 0.6) is 0 Å². The van der Waals surface area contributed by atoms with Gasteiger partial charge in [-0.2, -0.15) is 8.42 Å². The lowest BCUT2D eigenvalue weighted by Gasteiger charge is -2.03. The van der Waals surface area contributed by atoms with Gasteiger partial charge in [0.15, 0.2) is 0 Å². The standard InChI is InChI=1S/C20H34.Cl2O2S/c1-2-3-4-5-6-7-8-9-10-11-12-14-17-20-18-15-13-16-19-20;1-5(2,3)4/h13,15-16,18-19H,2-12,14,17H2,1H3;. The van der Waals surface area contributed by atoms with E-state index in [1.54, 1.807) is 0 Å². The van der Waals surface area contributed by atoms with E-state index in [9.17, 15) is 0 Å². The van der Waals surface area contributed by atoms with Crippen molar-refractivity contribution in [1.29, 1.82) is 0 Å². The summed E-state index contributed by atoms with van der Waals surface area (Å²) in [5.41, 5.74) is 1.50. The van der Waals surface area contributed by atoms with E-state index in [1.807, 2.05) is 0 Å². The van der Waals surface area contributed by atoms with Crippen molar-refractivity contribution in [3.05, 3.63) is 35.9 Å². The highest BCUT2D eigenvalue weighted by Crippen LogP contribution is 2.13. The van der Waals surface area contributed by atoms with Crippen LogP contribution in [0.25, 0.3) is 0 Å². The molecule has 25 heavy (non-hydrogen) atoms. The molecule has 0 bridgehead atoms. The minimum absolute atomic E-state index is 1.26. The Balaban J connectivity index is 0.00000101. The molecule has 0 aliphatic carbocycles. The highest BCUT2D eigenvalue weighted by atomic mass is 36.0. The third kappa shape index (κ3) is 23.8. The zero-order valence-electron chi connectivity index (χ0n) is 15.6. The second kappa shape index (κ2) is 17.2. The second-order valence-corrected chi connectivity index (χ2v) is 10.2. The van der Waals surface area contributed by atoms with E-state index in [-0.39, 0.29) is 0 Å². The molecular weight excluding hydrogens is 375 g/mol. The van der Waals surface area contributed by atoms with Gasteiger partial charge in [0.05, 0.1) is 0 Å². The summed E-state index contributed by atoms with van der Waals surface area (Å²) in [5, 5.41) is 0. The highest BCUT2D eigenvalue weighted by Gasteiger charge is 1.94. The van der Waals surface area contributed by atoms with Crippen LogP contribution in [0.4, 0.5) is 0 Å². The molecule has 2 nitrogen and oxygen atoms in total. The SMILES string of the molecule is CCCCCCCCCCCCCCc1ccccc1.O=S(=O)(Cl)Cl. The van der Waals surface area contributed by atoms with Crippen molar-refractivity contribution < 1.29 is 8.42 Å². The van der Waals surface area contributed by atoms with Crippen molar-refractivity contribution in [1.82, 2.24) is 0 Å². The van der Waals surface area contributed by atoms with E-state index in [2.05, 4.69) is 58.6 Å². The molecule has 146 valence electrons. The van der Waals surface area contributed by atoms with Crippen LogP contribution < -0.4 is 0 Å². The van der Waals surface area contributed by atoms with Crippen LogP contribution in [0.2, 0.25) is 0 Å². The van der Waals surface area contributed by atoms with Crippen molar-refractivity contribution in [2.45, 2.75) is 90.4 Å². The zero-order chi connectivity index (χ0) is 18.8. The van der Waals surface area contributed by atoms with Gasteiger partial charge < -0.3 is 0 Å². The van der Waals surface area contributed by atoms with Crippen LogP contribution >= 0.6 is 21.4 Å². The minimum atomic E-state index is -3.72. The third-order valence-corrected chi connectivity index (χ3v) is 4.16. The maximum Gasteiger partial charge on any atom is 0.317 e. The molecule has 0 radical (unpaired) electrons. The molecule has 0 unspecified atom stereocenters. The average molecular weight is 409 g/mol. The molecule has 0 heterocycles. The predicted octanol–water partition coefficient (Wildman–Crippen LogP) is 7.64. The molecule has 5 heteroatoms. The quantitative estimate of drug-likeness (QED) is 0.248. The Bertz CT molecular complexity index is 482. The van der Waals surface area contributed by atoms with Gasteiger partial charge >= 0.3 is 8.26 Å². The van der Waals surface area contributed by atoms with Crippen molar-refractivity contribution >= 4 is 29.6 Å². The summed E-state index contributed by atoms with van der Waals surface area (Å²) in [6.07, 6.45) is 18.5. The first-order valence-corrected chi connectivity index (χ1v) is 12.7. The molecule has 0 aliphatic rings. The lowest BCUT2D eigenvalue weighted by Crippen LogP contribution is -1.86. The number of benzene rings is 1. The summed E-state index contributed by atoms with van der Waals surface area (Å²) in [6, 6.07) is 10.9. The molecule has 1 rings (SSSR count). The fourth-order valence-corrected chi connectivity index (χ4v) is 2.81. The Labute approximate surface area is 164 Å². The number of hydrogen-bond acceptors (Lipinski definition) is 2. The summed E-state index contributed by atoms with van der Waals surface area (Å²) < 4.78 is 18.3. The summed E-state index contributed by atoms with van der Waals surface area (Å²) in [5.74, 6) is 0. The van der Waals surface area contributed by atoms with E-state index < -0.39 is 8.26 Å². The van der Waals surface area contributed by atoms with Gasteiger partial charge in [0.25, 0.3) is 0 Å². The molecule has 0 N–H and O–H groups in total. The maximum atomic E-state index is 9.16. The normalized spacial score (nSPS) is 11.0. The fraction of sp³-hybridized carbons (Fsp3) is 0.700. The van der Waals surface area contributed by atoms with E-state index in [1.165, 1.54) is 89.0 Å². The van der Waals surface area contributed by atoms with Gasteiger partial charge in [0.2, 0.25) is 0 Å². The lowest BCUT2D eigenvalue weighted by molar-refractivity contribution is 0.544. The van der Waals surface area contributed by atoms with Crippen LogP contribution in [0, 0.1) is 0 Å². The Morgan fingerprint density at radius 2 is 1.04 bits per heavy atom. The molecular formula is C20H34Cl2O2S. The van der Waals surface area contributed by atoms with Gasteiger partial charge in [-0.1, -0.05) is 108 Å². The van der Waals surface area contributed by atoms with Crippen LogP contribution in [0.15, 0.2) is 30.3 Å². The van der Waals surface area contributed by atoms with Gasteiger partial charge in [-0.15, -0.1) is 0 Å². The molecule has 0 fully saturated rings. The van der Waals surface area contributed by atoms with Gasteiger partial charge in [-0.25, -0.2) is 0 Å². The number of unbranched alkanes of at least 4 members (excludes halogenated alkanes) is 11. The number of aryl methyl sites for hydroxylation is 1. The van der Waals surface area contributed by atoms with E-state index >= 15 is 0 Å². The molecule has 1 aromatic rings.